The van der Waals surface area contributed by atoms with Crippen molar-refractivity contribution in [3.8, 4) is 28.4 Å². The van der Waals surface area contributed by atoms with Gasteiger partial charge in [0.15, 0.2) is 11.5 Å². The molecule has 0 radical (unpaired) electrons. The number of nitrogens with one attached hydrogen (secondary N) is 1. The smallest absolute Gasteiger partial charge is 0.341 e. The Morgan fingerprint density at radius 1 is 0.950 bits per heavy atom. The number of hydrogen-bond acceptors (Lipinski definition) is 7. The minimum atomic E-state index is -0.500. The lowest BCUT2D eigenvalue weighted by Crippen LogP contribution is -2.12. The van der Waals surface area contributed by atoms with Gasteiger partial charge in [-0.15, -0.1) is 11.3 Å². The highest BCUT2D eigenvalue weighted by atomic mass is 32.1. The summed E-state index contributed by atoms with van der Waals surface area (Å²) < 4.78 is 22.0. The average molecular weight is 558 g/mol. The number of methoxy groups -OCH3 is 2. The zero-order valence-electron chi connectivity index (χ0n) is 22.9. The Bertz CT molecular complexity index is 1510. The van der Waals surface area contributed by atoms with Crippen LogP contribution in [0.5, 0.6) is 17.2 Å². The Kier molecular flexibility index (Phi) is 9.59. The van der Waals surface area contributed by atoms with Crippen LogP contribution < -0.4 is 19.5 Å². The van der Waals surface area contributed by atoms with E-state index in [9.17, 15) is 9.59 Å². The Hall–Kier alpha value is -4.56. The molecule has 1 aromatic heterocycles. The van der Waals surface area contributed by atoms with E-state index in [0.29, 0.717) is 40.0 Å². The molecule has 0 spiro atoms. The first-order valence-corrected chi connectivity index (χ1v) is 13.6. The van der Waals surface area contributed by atoms with Gasteiger partial charge in [-0.25, -0.2) is 4.79 Å². The van der Waals surface area contributed by atoms with Gasteiger partial charge in [0.1, 0.15) is 22.9 Å². The minimum absolute atomic E-state index is 0.219. The van der Waals surface area contributed by atoms with E-state index in [1.165, 1.54) is 17.4 Å². The molecule has 0 fully saturated rings. The van der Waals surface area contributed by atoms with Crippen molar-refractivity contribution >= 4 is 34.3 Å². The number of esters is 1. The first-order valence-electron chi connectivity index (χ1n) is 12.7. The van der Waals surface area contributed by atoms with E-state index in [1.807, 2.05) is 73.0 Å². The molecule has 0 atom stereocenters. The number of thiophene rings is 1. The molecule has 4 aromatic rings. The molecular weight excluding hydrogens is 526 g/mol. The van der Waals surface area contributed by atoms with Crippen LogP contribution in [0.4, 0.5) is 5.00 Å². The summed E-state index contributed by atoms with van der Waals surface area (Å²) in [6.07, 6.45) is 3.08. The molecule has 1 amide bonds. The van der Waals surface area contributed by atoms with Crippen molar-refractivity contribution in [3.05, 3.63) is 100 Å². The number of rotatable bonds is 11. The lowest BCUT2D eigenvalue weighted by atomic mass is 10.0. The van der Waals surface area contributed by atoms with E-state index in [0.717, 1.165) is 22.3 Å². The van der Waals surface area contributed by atoms with Crippen LogP contribution in [-0.2, 0) is 16.1 Å². The monoisotopic (exact) mass is 557 g/mol. The lowest BCUT2D eigenvalue weighted by molar-refractivity contribution is -0.111. The quantitative estimate of drug-likeness (QED) is 0.156. The molecule has 40 heavy (non-hydrogen) atoms. The molecule has 0 aliphatic rings. The maximum absolute atomic E-state index is 12.8. The fourth-order valence-electron chi connectivity index (χ4n) is 4.00. The third-order valence-electron chi connectivity index (χ3n) is 6.17. The van der Waals surface area contributed by atoms with E-state index in [4.69, 9.17) is 18.9 Å². The first kappa shape index (κ1) is 28.4. The largest absolute Gasteiger partial charge is 0.497 e. The van der Waals surface area contributed by atoms with E-state index in [1.54, 1.807) is 33.3 Å². The SMILES string of the molecule is CCOC(=O)c1c(-c2ccc(OC)cc2)csc1NC(=O)/C=C/c1ccc(OCc2ccccc2C)c(OC)c1. The third-order valence-corrected chi connectivity index (χ3v) is 7.06. The standard InChI is InChI=1S/C32H31NO6S/c1-5-38-32(35)30-26(23-12-14-25(36-3)15-13-23)20-40-31(30)33-29(34)17-11-22-10-16-27(28(18-22)37-4)39-19-24-9-7-6-8-21(24)2/h6-18,20H,5,19H2,1-4H3,(H,33,34)/b17-11+. The molecule has 0 saturated heterocycles. The van der Waals surface area contributed by atoms with Gasteiger partial charge < -0.3 is 24.3 Å². The van der Waals surface area contributed by atoms with Gasteiger partial charge in [-0.1, -0.05) is 42.5 Å². The van der Waals surface area contributed by atoms with E-state index in [-0.39, 0.29) is 12.5 Å². The van der Waals surface area contributed by atoms with Crippen molar-refractivity contribution in [2.75, 3.05) is 26.1 Å². The van der Waals surface area contributed by atoms with Gasteiger partial charge in [-0.3, -0.25) is 4.79 Å². The predicted octanol–water partition coefficient (Wildman–Crippen LogP) is 7.15. The topological polar surface area (TPSA) is 83.1 Å². The maximum atomic E-state index is 12.8. The van der Waals surface area contributed by atoms with E-state index < -0.39 is 5.97 Å². The minimum Gasteiger partial charge on any atom is -0.497 e. The molecule has 1 heterocycles. The van der Waals surface area contributed by atoms with Crippen molar-refractivity contribution in [1.82, 2.24) is 0 Å². The summed E-state index contributed by atoms with van der Waals surface area (Å²) in [6.45, 7) is 4.42. The number of benzene rings is 3. The molecule has 4 rings (SSSR count). The van der Waals surface area contributed by atoms with Gasteiger partial charge in [0, 0.05) is 17.0 Å². The van der Waals surface area contributed by atoms with Gasteiger partial charge in [0.25, 0.3) is 0 Å². The maximum Gasteiger partial charge on any atom is 0.341 e. The van der Waals surface area contributed by atoms with Gasteiger partial charge >= 0.3 is 5.97 Å². The van der Waals surface area contributed by atoms with E-state index in [2.05, 4.69) is 5.32 Å². The number of hydrogen-bond donors (Lipinski definition) is 1. The summed E-state index contributed by atoms with van der Waals surface area (Å²) in [6, 6.07) is 20.8. The normalized spacial score (nSPS) is 10.8. The third kappa shape index (κ3) is 6.90. The molecule has 0 bridgehead atoms. The summed E-state index contributed by atoms with van der Waals surface area (Å²) in [4.78, 5) is 25.7. The first-order chi connectivity index (χ1) is 19.4. The molecule has 3 aromatic carbocycles. The highest BCUT2D eigenvalue weighted by molar-refractivity contribution is 7.15. The second-order valence-corrected chi connectivity index (χ2v) is 9.63. The Morgan fingerprint density at radius 3 is 2.42 bits per heavy atom. The Labute approximate surface area is 238 Å². The fraction of sp³-hybridized carbons (Fsp3) is 0.188. The summed E-state index contributed by atoms with van der Waals surface area (Å²) in [5, 5.41) is 5.07. The number of carbonyl (C=O) groups is 2. The second kappa shape index (κ2) is 13.5. The van der Waals surface area contributed by atoms with Crippen LogP contribution in [-0.4, -0.2) is 32.7 Å². The van der Waals surface area contributed by atoms with Crippen LogP contribution in [0.2, 0.25) is 0 Å². The molecule has 7 nitrogen and oxygen atoms in total. The van der Waals surface area contributed by atoms with Gasteiger partial charge in [0.05, 0.1) is 20.8 Å². The second-order valence-electron chi connectivity index (χ2n) is 8.75. The van der Waals surface area contributed by atoms with Crippen LogP contribution in [0.1, 0.15) is 34.0 Å². The van der Waals surface area contributed by atoms with Crippen molar-refractivity contribution in [2.45, 2.75) is 20.5 Å². The van der Waals surface area contributed by atoms with Crippen LogP contribution in [0.3, 0.4) is 0 Å². The number of anilines is 1. The molecular formula is C32H31NO6S. The molecule has 0 saturated carbocycles. The van der Waals surface area contributed by atoms with Gasteiger partial charge in [-0.05, 0) is 66.4 Å². The van der Waals surface area contributed by atoms with Crippen molar-refractivity contribution in [1.29, 1.82) is 0 Å². The predicted molar refractivity (Wildman–Crippen MR) is 158 cm³/mol. The molecule has 206 valence electrons. The molecule has 0 aliphatic heterocycles. The lowest BCUT2D eigenvalue weighted by Gasteiger charge is -2.12. The summed E-state index contributed by atoms with van der Waals surface area (Å²) in [7, 11) is 3.17. The summed E-state index contributed by atoms with van der Waals surface area (Å²) in [5.74, 6) is 0.990. The number of aryl methyl sites for hydroxylation is 1. The fourth-order valence-corrected chi connectivity index (χ4v) is 4.96. The van der Waals surface area contributed by atoms with Crippen molar-refractivity contribution < 1.29 is 28.5 Å². The summed E-state index contributed by atoms with van der Waals surface area (Å²) in [5.41, 5.74) is 4.81. The highest BCUT2D eigenvalue weighted by Crippen LogP contribution is 2.37. The average Bonchev–Trinajstić information content (AvgIpc) is 3.39. The number of ether oxygens (including phenoxy) is 4. The van der Waals surface area contributed by atoms with Crippen LogP contribution in [0.25, 0.3) is 17.2 Å². The van der Waals surface area contributed by atoms with Gasteiger partial charge in [-0.2, -0.15) is 0 Å². The van der Waals surface area contributed by atoms with Crippen molar-refractivity contribution in [2.24, 2.45) is 0 Å². The molecule has 0 aliphatic carbocycles. The summed E-state index contributed by atoms with van der Waals surface area (Å²) >= 11 is 1.26. The zero-order valence-corrected chi connectivity index (χ0v) is 23.7. The Morgan fingerprint density at radius 2 is 1.73 bits per heavy atom. The van der Waals surface area contributed by atoms with Crippen LogP contribution in [0, 0.1) is 6.92 Å². The van der Waals surface area contributed by atoms with Gasteiger partial charge in [0.2, 0.25) is 5.91 Å². The molecule has 8 heteroatoms. The van der Waals surface area contributed by atoms with Crippen LogP contribution in [0.15, 0.2) is 78.2 Å². The molecule has 0 unspecified atom stereocenters. The van der Waals surface area contributed by atoms with Crippen LogP contribution >= 0.6 is 11.3 Å². The number of amides is 1. The van der Waals surface area contributed by atoms with Crippen molar-refractivity contribution in [3.63, 3.8) is 0 Å². The number of carbonyl (C=O) groups excluding carboxylic acids is 2. The zero-order chi connectivity index (χ0) is 28.5. The Balaban J connectivity index is 1.48. The molecule has 1 N–H and O–H groups in total. The van der Waals surface area contributed by atoms with E-state index >= 15 is 0 Å². The highest BCUT2D eigenvalue weighted by Gasteiger charge is 2.22.